The monoisotopic (exact) mass is 265 g/mol. The molecule has 0 fully saturated rings. The number of Topliss-reactive ketones (excluding diaryl/α,β-unsaturated/α-hetero) is 1. The van der Waals surface area contributed by atoms with Crippen LogP contribution in [-0.2, 0) is 9.53 Å². The van der Waals surface area contributed by atoms with Crippen LogP contribution >= 0.6 is 0 Å². The van der Waals surface area contributed by atoms with Crippen molar-refractivity contribution in [2.75, 3.05) is 18.5 Å². The normalized spacial score (nSPS) is 10.9. The fourth-order valence-corrected chi connectivity index (χ4v) is 1.16. The number of esters is 1. The van der Waals surface area contributed by atoms with Gasteiger partial charge in [0.05, 0.1) is 12.4 Å². The number of nitrogens with one attached hydrogen (secondary N) is 1. The highest BCUT2D eigenvalue weighted by Crippen LogP contribution is 2.13. The lowest BCUT2D eigenvalue weighted by Gasteiger charge is -2.18. The van der Waals surface area contributed by atoms with Gasteiger partial charge in [-0.3, -0.25) is 9.59 Å². The van der Waals surface area contributed by atoms with Crippen LogP contribution in [0.25, 0.3) is 0 Å². The first-order valence-corrected chi connectivity index (χ1v) is 6.00. The summed E-state index contributed by atoms with van der Waals surface area (Å²) in [6, 6.07) is 0. The van der Waals surface area contributed by atoms with Crippen LogP contribution in [0, 0.1) is 5.41 Å². The Balaban J connectivity index is 2.56. The van der Waals surface area contributed by atoms with Gasteiger partial charge in [0.1, 0.15) is 11.5 Å². The largest absolute Gasteiger partial charge is 0.457 e. The lowest BCUT2D eigenvalue weighted by molar-refractivity contribution is -0.139. The summed E-state index contributed by atoms with van der Waals surface area (Å²) in [7, 11) is 0. The smallest absolute Gasteiger partial charge is 0.303 e. The van der Waals surface area contributed by atoms with E-state index in [1.54, 1.807) is 0 Å². The maximum atomic E-state index is 11.6. The van der Waals surface area contributed by atoms with E-state index in [4.69, 9.17) is 0 Å². The van der Waals surface area contributed by atoms with Gasteiger partial charge in [-0.15, -0.1) is 0 Å². The van der Waals surface area contributed by atoms with E-state index in [1.807, 2.05) is 0 Å². The van der Waals surface area contributed by atoms with Crippen molar-refractivity contribution in [3.63, 3.8) is 0 Å². The molecule has 1 aromatic heterocycles. The third kappa shape index (κ3) is 5.94. The summed E-state index contributed by atoms with van der Waals surface area (Å²) in [6.45, 7) is 8.00. The van der Waals surface area contributed by atoms with E-state index in [0.717, 1.165) is 6.54 Å². The van der Waals surface area contributed by atoms with E-state index in [-0.39, 0.29) is 23.5 Å². The zero-order valence-corrected chi connectivity index (χ0v) is 11.7. The minimum atomic E-state index is -0.496. The molecule has 0 spiro atoms. The number of aromatic nitrogens is 2. The highest BCUT2D eigenvalue weighted by atomic mass is 16.5. The molecule has 0 unspecified atom stereocenters. The van der Waals surface area contributed by atoms with E-state index in [2.05, 4.69) is 40.8 Å². The molecule has 1 rings (SSSR count). The second-order valence-corrected chi connectivity index (χ2v) is 5.40. The zero-order valence-electron chi connectivity index (χ0n) is 11.7. The number of hydrogen-bond donors (Lipinski definition) is 1. The molecule has 6 nitrogen and oxygen atoms in total. The van der Waals surface area contributed by atoms with Gasteiger partial charge in [0.2, 0.25) is 5.78 Å². The third-order valence-corrected chi connectivity index (χ3v) is 2.14. The molecule has 6 heteroatoms. The SMILES string of the molecule is CC(=O)OCC(=O)c1cnc(NCC(C)(C)C)cn1. The average molecular weight is 265 g/mol. The highest BCUT2D eigenvalue weighted by molar-refractivity contribution is 5.95. The van der Waals surface area contributed by atoms with Gasteiger partial charge in [-0.1, -0.05) is 20.8 Å². The molecule has 0 aliphatic rings. The Labute approximate surface area is 112 Å². The van der Waals surface area contributed by atoms with Gasteiger partial charge in [0.25, 0.3) is 0 Å². The molecule has 1 aromatic rings. The van der Waals surface area contributed by atoms with Gasteiger partial charge in [-0.25, -0.2) is 9.97 Å². The van der Waals surface area contributed by atoms with Crippen molar-refractivity contribution in [1.29, 1.82) is 0 Å². The Morgan fingerprint density at radius 2 is 1.95 bits per heavy atom. The second-order valence-electron chi connectivity index (χ2n) is 5.40. The van der Waals surface area contributed by atoms with Gasteiger partial charge in [-0.2, -0.15) is 0 Å². The number of hydrogen-bond acceptors (Lipinski definition) is 6. The summed E-state index contributed by atoms with van der Waals surface area (Å²) in [5, 5.41) is 3.13. The summed E-state index contributed by atoms with van der Waals surface area (Å²) in [5.74, 6) is -0.256. The quantitative estimate of drug-likeness (QED) is 0.644. The molecule has 104 valence electrons. The van der Waals surface area contributed by atoms with Gasteiger partial charge in [-0.05, 0) is 5.41 Å². The van der Waals surface area contributed by atoms with E-state index in [0.29, 0.717) is 5.82 Å². The maximum Gasteiger partial charge on any atom is 0.303 e. The second kappa shape index (κ2) is 6.26. The molecule has 19 heavy (non-hydrogen) atoms. The van der Waals surface area contributed by atoms with Crippen LogP contribution in [0.2, 0.25) is 0 Å². The van der Waals surface area contributed by atoms with Crippen LogP contribution in [0.5, 0.6) is 0 Å². The van der Waals surface area contributed by atoms with Gasteiger partial charge in [0, 0.05) is 13.5 Å². The lowest BCUT2D eigenvalue weighted by atomic mass is 9.97. The van der Waals surface area contributed by atoms with Crippen LogP contribution < -0.4 is 5.32 Å². The van der Waals surface area contributed by atoms with Crippen molar-refractivity contribution in [2.24, 2.45) is 5.41 Å². The first-order chi connectivity index (χ1) is 8.78. The Kier molecular flexibility index (Phi) is 4.97. The maximum absolute atomic E-state index is 11.6. The number of rotatable bonds is 5. The first kappa shape index (κ1) is 15.1. The molecular weight excluding hydrogens is 246 g/mol. The van der Waals surface area contributed by atoms with Crippen molar-refractivity contribution in [3.05, 3.63) is 18.1 Å². The number of ether oxygens (including phenoxy) is 1. The standard InChI is InChI=1S/C13H19N3O3/c1-9(17)19-7-11(18)10-5-15-12(6-14-10)16-8-13(2,3)4/h5-6H,7-8H2,1-4H3,(H,15,16). The molecule has 0 atom stereocenters. The van der Waals surface area contributed by atoms with Gasteiger partial charge >= 0.3 is 5.97 Å². The number of ketones is 1. The predicted molar refractivity (Wildman–Crippen MR) is 70.9 cm³/mol. The summed E-state index contributed by atoms with van der Waals surface area (Å²) in [6.07, 6.45) is 2.86. The molecule has 0 bridgehead atoms. The molecule has 0 aliphatic carbocycles. The molecular formula is C13H19N3O3. The molecule has 0 saturated heterocycles. The van der Waals surface area contributed by atoms with E-state index >= 15 is 0 Å². The van der Waals surface area contributed by atoms with Crippen LogP contribution in [0.1, 0.15) is 38.2 Å². The average Bonchev–Trinajstić information content (AvgIpc) is 2.33. The van der Waals surface area contributed by atoms with Crippen LogP contribution in [-0.4, -0.2) is 34.9 Å². The van der Waals surface area contributed by atoms with Crippen molar-refractivity contribution in [1.82, 2.24) is 9.97 Å². The first-order valence-electron chi connectivity index (χ1n) is 6.00. The molecule has 0 aromatic carbocycles. The van der Waals surface area contributed by atoms with E-state index in [1.165, 1.54) is 19.3 Å². The van der Waals surface area contributed by atoms with Gasteiger partial charge in [0.15, 0.2) is 6.61 Å². The molecule has 1 heterocycles. The van der Waals surface area contributed by atoms with Crippen LogP contribution in [0.3, 0.4) is 0 Å². The van der Waals surface area contributed by atoms with E-state index < -0.39 is 5.97 Å². The molecule has 0 radical (unpaired) electrons. The number of carbonyl (C=O) groups is 2. The summed E-state index contributed by atoms with van der Waals surface area (Å²) < 4.78 is 4.61. The minimum Gasteiger partial charge on any atom is -0.457 e. The number of carbonyl (C=O) groups excluding carboxylic acids is 2. The number of nitrogens with zero attached hydrogens (tertiary/aromatic N) is 2. The van der Waals surface area contributed by atoms with Crippen LogP contribution in [0.15, 0.2) is 12.4 Å². The topological polar surface area (TPSA) is 81.2 Å². The molecule has 1 N–H and O–H groups in total. The third-order valence-electron chi connectivity index (χ3n) is 2.14. The molecule has 0 aliphatic heterocycles. The Hall–Kier alpha value is -1.98. The zero-order chi connectivity index (χ0) is 14.5. The van der Waals surface area contributed by atoms with Crippen molar-refractivity contribution < 1.29 is 14.3 Å². The number of anilines is 1. The summed E-state index contributed by atoms with van der Waals surface area (Å²) in [5.41, 5.74) is 0.313. The summed E-state index contributed by atoms with van der Waals surface area (Å²) in [4.78, 5) is 30.3. The fraction of sp³-hybridized carbons (Fsp3) is 0.538. The van der Waals surface area contributed by atoms with Gasteiger partial charge < -0.3 is 10.1 Å². The highest BCUT2D eigenvalue weighted by Gasteiger charge is 2.12. The van der Waals surface area contributed by atoms with E-state index in [9.17, 15) is 9.59 Å². The minimum absolute atomic E-state index is 0.130. The van der Waals surface area contributed by atoms with Crippen molar-refractivity contribution in [3.8, 4) is 0 Å². The Bertz CT molecular complexity index is 449. The summed E-state index contributed by atoms with van der Waals surface area (Å²) >= 11 is 0. The van der Waals surface area contributed by atoms with Crippen molar-refractivity contribution >= 4 is 17.6 Å². The molecule has 0 saturated carbocycles. The lowest BCUT2D eigenvalue weighted by Crippen LogP contribution is -2.20. The fourth-order valence-electron chi connectivity index (χ4n) is 1.16. The Morgan fingerprint density at radius 1 is 1.26 bits per heavy atom. The van der Waals surface area contributed by atoms with Crippen LogP contribution in [0.4, 0.5) is 5.82 Å². The predicted octanol–water partition coefficient (Wildman–Crippen LogP) is 1.68. The molecule has 0 amide bonds. The van der Waals surface area contributed by atoms with Crippen molar-refractivity contribution in [2.45, 2.75) is 27.7 Å². The Morgan fingerprint density at radius 3 is 2.42 bits per heavy atom.